The maximum atomic E-state index is 12.1. The maximum Gasteiger partial charge on any atom is 0.410 e. The normalized spacial score (nSPS) is 17.3. The van der Waals surface area contributed by atoms with E-state index in [0.29, 0.717) is 5.92 Å². The van der Waals surface area contributed by atoms with Gasteiger partial charge < -0.3 is 14.2 Å². The van der Waals surface area contributed by atoms with Gasteiger partial charge in [-0.25, -0.2) is 4.79 Å². The van der Waals surface area contributed by atoms with Crippen molar-refractivity contribution >= 4 is 34.4 Å². The quantitative estimate of drug-likeness (QED) is 0.736. The maximum absolute atomic E-state index is 12.1. The zero-order chi connectivity index (χ0) is 15.6. The van der Waals surface area contributed by atoms with Crippen molar-refractivity contribution in [1.29, 1.82) is 0 Å². The molecule has 0 N–H and O–H groups in total. The summed E-state index contributed by atoms with van der Waals surface area (Å²) in [6, 6.07) is 0. The SMILES string of the molecule is Br.C/N=c1\scc(C2CCN(C(=O)OC(C)(C)C)CC2)n1C. The van der Waals surface area contributed by atoms with E-state index in [1.54, 1.807) is 11.3 Å². The predicted molar refractivity (Wildman–Crippen MR) is 94.9 cm³/mol. The first-order valence-corrected chi connectivity index (χ1v) is 8.25. The highest BCUT2D eigenvalue weighted by Crippen LogP contribution is 2.28. The molecule has 1 aliphatic rings. The monoisotopic (exact) mass is 391 g/mol. The van der Waals surface area contributed by atoms with Crippen LogP contribution in [0.1, 0.15) is 45.2 Å². The molecule has 0 aromatic carbocycles. The molecule has 0 spiro atoms. The summed E-state index contributed by atoms with van der Waals surface area (Å²) in [5, 5.41) is 2.19. The molecule has 126 valence electrons. The Morgan fingerprint density at radius 2 is 1.95 bits per heavy atom. The average Bonchev–Trinajstić information content (AvgIpc) is 2.78. The molecule has 1 aromatic heterocycles. The molecule has 5 nitrogen and oxygen atoms in total. The van der Waals surface area contributed by atoms with Crippen molar-refractivity contribution in [3.05, 3.63) is 15.9 Å². The lowest BCUT2D eigenvalue weighted by Gasteiger charge is -2.33. The molecule has 0 bridgehead atoms. The third kappa shape index (κ3) is 4.59. The molecule has 1 saturated heterocycles. The fourth-order valence-corrected chi connectivity index (χ4v) is 3.58. The van der Waals surface area contributed by atoms with E-state index in [1.807, 2.05) is 32.7 Å². The zero-order valence-electron chi connectivity index (χ0n) is 14.0. The van der Waals surface area contributed by atoms with Gasteiger partial charge in [-0.15, -0.1) is 28.3 Å². The first-order chi connectivity index (χ1) is 9.81. The van der Waals surface area contributed by atoms with Gasteiger partial charge in [0.1, 0.15) is 5.60 Å². The number of hydrogen-bond donors (Lipinski definition) is 0. The van der Waals surface area contributed by atoms with Crippen LogP contribution < -0.4 is 4.80 Å². The highest BCUT2D eigenvalue weighted by atomic mass is 79.9. The minimum atomic E-state index is -0.425. The topological polar surface area (TPSA) is 46.8 Å². The summed E-state index contributed by atoms with van der Waals surface area (Å²) in [5.41, 5.74) is 0.898. The Morgan fingerprint density at radius 1 is 1.36 bits per heavy atom. The highest BCUT2D eigenvalue weighted by molar-refractivity contribution is 8.93. The Morgan fingerprint density at radius 3 is 2.41 bits per heavy atom. The molecule has 1 amide bonds. The van der Waals surface area contributed by atoms with Crippen LogP contribution in [-0.4, -0.2) is 41.3 Å². The van der Waals surface area contributed by atoms with Crippen molar-refractivity contribution < 1.29 is 9.53 Å². The van der Waals surface area contributed by atoms with Crippen molar-refractivity contribution in [3.63, 3.8) is 0 Å². The molecule has 1 fully saturated rings. The summed E-state index contributed by atoms with van der Waals surface area (Å²) in [4.78, 5) is 19.2. The number of thiazole rings is 1. The largest absolute Gasteiger partial charge is 0.444 e. The van der Waals surface area contributed by atoms with Crippen LogP contribution in [-0.2, 0) is 11.8 Å². The molecular weight excluding hydrogens is 366 g/mol. The van der Waals surface area contributed by atoms with Gasteiger partial charge in [0, 0.05) is 44.2 Å². The van der Waals surface area contributed by atoms with Crippen LogP contribution in [0.15, 0.2) is 10.4 Å². The van der Waals surface area contributed by atoms with E-state index in [0.717, 1.165) is 30.7 Å². The predicted octanol–water partition coefficient (Wildman–Crippen LogP) is 3.31. The van der Waals surface area contributed by atoms with Gasteiger partial charge in [-0.2, -0.15) is 0 Å². The number of likely N-dealkylation sites (tertiary alicyclic amines) is 1. The van der Waals surface area contributed by atoms with E-state index in [4.69, 9.17) is 4.74 Å². The van der Waals surface area contributed by atoms with Crippen molar-refractivity contribution in [2.45, 2.75) is 45.1 Å². The van der Waals surface area contributed by atoms with Crippen LogP contribution in [0, 0.1) is 0 Å². The Kier molecular flexibility index (Phi) is 6.67. The molecule has 2 heterocycles. The number of rotatable bonds is 1. The number of hydrogen-bond acceptors (Lipinski definition) is 4. The van der Waals surface area contributed by atoms with Gasteiger partial charge in [-0.1, -0.05) is 0 Å². The van der Waals surface area contributed by atoms with Gasteiger partial charge in [0.05, 0.1) is 0 Å². The Bertz CT molecular complexity index is 566. The van der Waals surface area contributed by atoms with Crippen molar-refractivity contribution in [2.24, 2.45) is 12.0 Å². The number of aromatic nitrogens is 1. The Hall–Kier alpha value is -0.820. The number of carbonyl (C=O) groups is 1. The van der Waals surface area contributed by atoms with Crippen LogP contribution in [0.2, 0.25) is 0 Å². The van der Waals surface area contributed by atoms with Crippen molar-refractivity contribution in [3.8, 4) is 0 Å². The van der Waals surface area contributed by atoms with E-state index in [-0.39, 0.29) is 23.1 Å². The molecule has 22 heavy (non-hydrogen) atoms. The Balaban J connectivity index is 0.00000242. The zero-order valence-corrected chi connectivity index (χ0v) is 16.5. The van der Waals surface area contributed by atoms with Crippen LogP contribution in [0.4, 0.5) is 4.79 Å². The molecule has 1 aromatic rings. The molecule has 0 saturated carbocycles. The fourth-order valence-electron chi connectivity index (χ4n) is 2.64. The van der Waals surface area contributed by atoms with Crippen LogP contribution in [0.25, 0.3) is 0 Å². The third-order valence-electron chi connectivity index (χ3n) is 3.72. The Labute approximate surface area is 146 Å². The molecule has 1 aliphatic heterocycles. The molecule has 0 aliphatic carbocycles. The molecular formula is C15H26BrN3O2S. The molecule has 0 atom stereocenters. The first kappa shape index (κ1) is 19.2. The summed E-state index contributed by atoms with van der Waals surface area (Å²) >= 11 is 1.68. The lowest BCUT2D eigenvalue weighted by molar-refractivity contribution is 0.0203. The lowest BCUT2D eigenvalue weighted by Crippen LogP contribution is -2.41. The van der Waals surface area contributed by atoms with Crippen LogP contribution in [0.5, 0.6) is 0 Å². The van der Waals surface area contributed by atoms with E-state index < -0.39 is 5.60 Å². The second-order valence-corrected chi connectivity index (χ2v) is 7.30. The fraction of sp³-hybridized carbons (Fsp3) is 0.733. The first-order valence-electron chi connectivity index (χ1n) is 7.37. The van der Waals surface area contributed by atoms with E-state index in [1.165, 1.54) is 5.69 Å². The summed E-state index contributed by atoms with van der Waals surface area (Å²) in [6.07, 6.45) is 1.76. The second kappa shape index (κ2) is 7.64. The summed E-state index contributed by atoms with van der Waals surface area (Å²) in [6.45, 7) is 7.22. The number of halogens is 1. The van der Waals surface area contributed by atoms with Gasteiger partial charge >= 0.3 is 6.09 Å². The summed E-state index contributed by atoms with van der Waals surface area (Å²) < 4.78 is 7.60. The second-order valence-electron chi connectivity index (χ2n) is 6.47. The number of ether oxygens (including phenoxy) is 1. The molecule has 2 rings (SSSR count). The number of carbonyl (C=O) groups excluding carboxylic acids is 1. The number of nitrogens with zero attached hydrogens (tertiary/aromatic N) is 3. The van der Waals surface area contributed by atoms with Gasteiger partial charge in [-0.3, -0.25) is 4.99 Å². The van der Waals surface area contributed by atoms with Gasteiger partial charge in [0.25, 0.3) is 0 Å². The van der Waals surface area contributed by atoms with Crippen molar-refractivity contribution in [2.75, 3.05) is 20.1 Å². The third-order valence-corrected chi connectivity index (χ3v) is 4.74. The van der Waals surface area contributed by atoms with E-state index >= 15 is 0 Å². The van der Waals surface area contributed by atoms with E-state index in [2.05, 4.69) is 22.0 Å². The average molecular weight is 392 g/mol. The highest BCUT2D eigenvalue weighted by Gasteiger charge is 2.28. The van der Waals surface area contributed by atoms with Gasteiger partial charge in [-0.05, 0) is 33.6 Å². The summed E-state index contributed by atoms with van der Waals surface area (Å²) in [5.74, 6) is 0.500. The molecule has 7 heteroatoms. The molecule has 0 unspecified atom stereocenters. The van der Waals surface area contributed by atoms with Crippen LogP contribution in [0.3, 0.4) is 0 Å². The van der Waals surface area contributed by atoms with Crippen LogP contribution >= 0.6 is 28.3 Å². The van der Waals surface area contributed by atoms with Gasteiger partial charge in [0.2, 0.25) is 0 Å². The van der Waals surface area contributed by atoms with Gasteiger partial charge in [0.15, 0.2) is 4.80 Å². The summed E-state index contributed by atoms with van der Waals surface area (Å²) in [7, 11) is 3.88. The van der Waals surface area contributed by atoms with Crippen molar-refractivity contribution in [1.82, 2.24) is 9.47 Å². The van der Waals surface area contributed by atoms with E-state index in [9.17, 15) is 4.79 Å². The minimum absolute atomic E-state index is 0. The standard InChI is InChI=1S/C15H25N3O2S.BrH/c1-15(2,3)20-14(19)18-8-6-11(7-9-18)12-10-21-13(16-4)17(12)5;/h10-11H,6-9H2,1-5H3;1H/b16-13-;. The smallest absolute Gasteiger partial charge is 0.410 e. The number of piperidine rings is 1. The minimum Gasteiger partial charge on any atom is -0.444 e. The number of amides is 1. The lowest BCUT2D eigenvalue weighted by atomic mass is 9.94. The molecule has 0 radical (unpaired) electrons.